The Kier molecular flexibility index (Phi) is 4.34. The molecule has 1 aromatic carbocycles. The second-order valence-corrected chi connectivity index (χ2v) is 4.35. The van der Waals surface area contributed by atoms with Crippen molar-refractivity contribution in [2.75, 3.05) is 19.7 Å². The molecule has 1 fully saturated rings. The first-order valence-corrected chi connectivity index (χ1v) is 6.27. The molecule has 1 saturated heterocycles. The first-order chi connectivity index (χ1) is 8.81. The second kappa shape index (κ2) is 6.19. The zero-order valence-electron chi connectivity index (χ0n) is 10.3. The third kappa shape index (κ3) is 3.09. The average molecular weight is 247 g/mol. The zero-order valence-corrected chi connectivity index (χ0v) is 10.3. The van der Waals surface area contributed by atoms with E-state index in [-0.39, 0.29) is 12.5 Å². The van der Waals surface area contributed by atoms with Crippen molar-refractivity contribution >= 4 is 12.2 Å². The fourth-order valence-corrected chi connectivity index (χ4v) is 2.10. The molecule has 0 N–H and O–H groups in total. The van der Waals surface area contributed by atoms with Gasteiger partial charge in [-0.15, -0.1) is 0 Å². The van der Waals surface area contributed by atoms with Crippen LogP contribution in [-0.2, 0) is 4.79 Å². The smallest absolute Gasteiger partial charge is 0.253 e. The maximum absolute atomic E-state index is 12.2. The van der Waals surface area contributed by atoms with Crippen molar-refractivity contribution in [3.63, 3.8) is 0 Å². The normalized spacial score (nSPS) is 15.2. The molecular formula is C14H17NO3. The number of hydrogen-bond donors (Lipinski definition) is 0. The molecule has 1 aromatic rings. The fourth-order valence-electron chi connectivity index (χ4n) is 2.10. The molecule has 2 rings (SSSR count). The van der Waals surface area contributed by atoms with Gasteiger partial charge in [-0.3, -0.25) is 9.59 Å². The molecule has 0 bridgehead atoms. The molecule has 4 nitrogen and oxygen atoms in total. The van der Waals surface area contributed by atoms with E-state index in [4.69, 9.17) is 4.74 Å². The maximum Gasteiger partial charge on any atom is 0.253 e. The summed E-state index contributed by atoms with van der Waals surface area (Å²) in [5.74, 6) is 0.689. The molecule has 0 aliphatic carbocycles. The molecule has 0 saturated carbocycles. The lowest BCUT2D eigenvalue weighted by molar-refractivity contribution is -0.109. The first kappa shape index (κ1) is 12.6. The van der Waals surface area contributed by atoms with Crippen LogP contribution in [0.15, 0.2) is 24.3 Å². The maximum atomic E-state index is 12.2. The number of carbonyl (C=O) groups excluding carboxylic acids is 2. The van der Waals surface area contributed by atoms with E-state index in [0.717, 1.165) is 25.9 Å². The highest BCUT2D eigenvalue weighted by Crippen LogP contribution is 2.16. The molecule has 1 amide bonds. The van der Waals surface area contributed by atoms with E-state index in [0.29, 0.717) is 17.6 Å². The van der Waals surface area contributed by atoms with Crippen molar-refractivity contribution < 1.29 is 14.3 Å². The molecule has 96 valence electrons. The number of nitrogens with zero attached hydrogens (tertiary/aromatic N) is 1. The van der Waals surface area contributed by atoms with E-state index in [1.165, 1.54) is 6.42 Å². The SMILES string of the molecule is O=CCOc1ccc(C(=O)N2CCCCC2)cc1. The standard InChI is InChI=1S/C14H17NO3/c16-10-11-18-13-6-4-12(5-7-13)14(17)15-8-2-1-3-9-15/h4-7,10H,1-3,8-9,11H2. The highest BCUT2D eigenvalue weighted by Gasteiger charge is 2.17. The Morgan fingerprint density at radius 1 is 1.17 bits per heavy atom. The van der Waals surface area contributed by atoms with Crippen molar-refractivity contribution in [2.45, 2.75) is 19.3 Å². The Morgan fingerprint density at radius 3 is 2.44 bits per heavy atom. The lowest BCUT2D eigenvalue weighted by atomic mass is 10.1. The van der Waals surface area contributed by atoms with Crippen LogP contribution in [0.1, 0.15) is 29.6 Å². The van der Waals surface area contributed by atoms with Gasteiger partial charge in [0.25, 0.3) is 5.91 Å². The lowest BCUT2D eigenvalue weighted by Gasteiger charge is -2.26. The van der Waals surface area contributed by atoms with Crippen molar-refractivity contribution in [1.82, 2.24) is 4.90 Å². The van der Waals surface area contributed by atoms with Gasteiger partial charge in [-0.05, 0) is 43.5 Å². The topological polar surface area (TPSA) is 46.6 Å². The summed E-state index contributed by atoms with van der Waals surface area (Å²) in [4.78, 5) is 24.2. The number of hydrogen-bond acceptors (Lipinski definition) is 3. The Hall–Kier alpha value is -1.84. The number of amides is 1. The summed E-state index contributed by atoms with van der Waals surface area (Å²) >= 11 is 0. The average Bonchev–Trinajstić information content (AvgIpc) is 2.46. The van der Waals surface area contributed by atoms with Gasteiger partial charge in [0, 0.05) is 18.7 Å². The van der Waals surface area contributed by atoms with Gasteiger partial charge < -0.3 is 9.64 Å². The van der Waals surface area contributed by atoms with Crippen LogP contribution in [0.25, 0.3) is 0 Å². The van der Waals surface area contributed by atoms with Gasteiger partial charge in [0.2, 0.25) is 0 Å². The highest BCUT2D eigenvalue weighted by atomic mass is 16.5. The molecule has 0 aromatic heterocycles. The minimum absolute atomic E-state index is 0.0411. The van der Waals surface area contributed by atoms with Crippen molar-refractivity contribution in [1.29, 1.82) is 0 Å². The summed E-state index contributed by atoms with van der Waals surface area (Å²) in [7, 11) is 0. The van der Waals surface area contributed by atoms with Crippen LogP contribution in [-0.4, -0.2) is 36.8 Å². The number of rotatable bonds is 4. The van der Waals surface area contributed by atoms with Gasteiger partial charge in [-0.2, -0.15) is 0 Å². The van der Waals surface area contributed by atoms with Crippen LogP contribution in [0.5, 0.6) is 5.75 Å². The predicted octanol–water partition coefficient (Wildman–Crippen LogP) is 1.89. The third-order valence-corrected chi connectivity index (χ3v) is 3.06. The molecule has 0 unspecified atom stereocenters. The van der Waals surface area contributed by atoms with Crippen LogP contribution in [0.3, 0.4) is 0 Å². The van der Waals surface area contributed by atoms with Gasteiger partial charge in [-0.25, -0.2) is 0 Å². The molecule has 4 heteroatoms. The van der Waals surface area contributed by atoms with Gasteiger partial charge in [0.1, 0.15) is 12.4 Å². The van der Waals surface area contributed by atoms with Crippen molar-refractivity contribution in [3.05, 3.63) is 29.8 Å². The number of piperidine rings is 1. The summed E-state index contributed by atoms with van der Waals surface area (Å²) in [5.41, 5.74) is 0.676. The summed E-state index contributed by atoms with van der Waals surface area (Å²) in [6.07, 6.45) is 4.09. The summed E-state index contributed by atoms with van der Waals surface area (Å²) in [6, 6.07) is 6.94. The van der Waals surface area contributed by atoms with Crippen LogP contribution in [0.2, 0.25) is 0 Å². The van der Waals surface area contributed by atoms with Crippen LogP contribution >= 0.6 is 0 Å². The number of benzene rings is 1. The molecule has 1 aliphatic rings. The van der Waals surface area contributed by atoms with Gasteiger partial charge in [-0.1, -0.05) is 0 Å². The Balaban J connectivity index is 1.99. The summed E-state index contributed by atoms with van der Waals surface area (Å²) in [5, 5.41) is 0. The highest BCUT2D eigenvalue weighted by molar-refractivity contribution is 5.94. The lowest BCUT2D eigenvalue weighted by Crippen LogP contribution is -2.35. The van der Waals surface area contributed by atoms with Gasteiger partial charge >= 0.3 is 0 Å². The van der Waals surface area contributed by atoms with Gasteiger partial charge in [0.05, 0.1) is 0 Å². The predicted molar refractivity (Wildman–Crippen MR) is 67.8 cm³/mol. The quantitative estimate of drug-likeness (QED) is 0.763. The Morgan fingerprint density at radius 2 is 1.83 bits per heavy atom. The molecule has 1 aliphatic heterocycles. The number of ether oxygens (including phenoxy) is 1. The van der Waals surface area contributed by atoms with Gasteiger partial charge in [0.15, 0.2) is 6.29 Å². The fraction of sp³-hybridized carbons (Fsp3) is 0.429. The Bertz CT molecular complexity index is 408. The monoisotopic (exact) mass is 247 g/mol. The molecule has 1 heterocycles. The molecular weight excluding hydrogens is 230 g/mol. The minimum Gasteiger partial charge on any atom is -0.486 e. The van der Waals surface area contributed by atoms with Crippen LogP contribution in [0, 0.1) is 0 Å². The van der Waals surface area contributed by atoms with Crippen molar-refractivity contribution in [3.8, 4) is 5.75 Å². The number of aldehydes is 1. The van der Waals surface area contributed by atoms with E-state index in [1.54, 1.807) is 24.3 Å². The van der Waals surface area contributed by atoms with E-state index in [2.05, 4.69) is 0 Å². The zero-order chi connectivity index (χ0) is 12.8. The van der Waals surface area contributed by atoms with E-state index < -0.39 is 0 Å². The first-order valence-electron chi connectivity index (χ1n) is 6.27. The number of carbonyl (C=O) groups is 2. The van der Waals surface area contributed by atoms with E-state index in [1.807, 2.05) is 4.90 Å². The molecule has 18 heavy (non-hydrogen) atoms. The Labute approximate surface area is 107 Å². The number of likely N-dealkylation sites (tertiary alicyclic amines) is 1. The third-order valence-electron chi connectivity index (χ3n) is 3.06. The molecule has 0 radical (unpaired) electrons. The molecule has 0 spiro atoms. The molecule has 0 atom stereocenters. The summed E-state index contributed by atoms with van der Waals surface area (Å²) < 4.78 is 5.14. The van der Waals surface area contributed by atoms with Crippen LogP contribution < -0.4 is 4.74 Å². The van der Waals surface area contributed by atoms with E-state index >= 15 is 0 Å². The minimum atomic E-state index is 0.0411. The van der Waals surface area contributed by atoms with Crippen LogP contribution in [0.4, 0.5) is 0 Å². The summed E-state index contributed by atoms with van der Waals surface area (Å²) in [6.45, 7) is 1.74. The van der Waals surface area contributed by atoms with E-state index in [9.17, 15) is 9.59 Å². The van der Waals surface area contributed by atoms with Crippen molar-refractivity contribution in [2.24, 2.45) is 0 Å². The largest absolute Gasteiger partial charge is 0.486 e. The second-order valence-electron chi connectivity index (χ2n) is 4.35.